The highest BCUT2D eigenvalue weighted by Crippen LogP contribution is 2.19. The Labute approximate surface area is 176 Å². The van der Waals surface area contributed by atoms with E-state index in [1.807, 2.05) is 33.1 Å². The number of Topliss-reactive ketones (excluding diaryl/α,β-unsaturated/α-hetero) is 1. The van der Waals surface area contributed by atoms with E-state index in [0.717, 1.165) is 18.6 Å². The summed E-state index contributed by atoms with van der Waals surface area (Å²) in [6.07, 6.45) is 6.77. The smallest absolute Gasteiger partial charge is 0.257 e. The zero-order valence-corrected chi connectivity index (χ0v) is 17.6. The maximum atomic E-state index is 12.9. The van der Waals surface area contributed by atoms with Crippen molar-refractivity contribution >= 4 is 27.4 Å². The lowest BCUT2D eigenvalue weighted by Crippen LogP contribution is -2.51. The van der Waals surface area contributed by atoms with Crippen LogP contribution >= 0.6 is 0 Å². The average Bonchev–Trinajstić information content (AvgIpc) is 3.22. The van der Waals surface area contributed by atoms with Crippen LogP contribution in [0.2, 0.25) is 0 Å². The van der Waals surface area contributed by atoms with Gasteiger partial charge in [0, 0.05) is 50.7 Å². The fraction of sp³-hybridized carbons (Fsp3) is 0.381. The van der Waals surface area contributed by atoms with E-state index in [4.69, 9.17) is 0 Å². The van der Waals surface area contributed by atoms with E-state index in [-0.39, 0.29) is 23.1 Å². The van der Waals surface area contributed by atoms with Gasteiger partial charge in [-0.2, -0.15) is 0 Å². The van der Waals surface area contributed by atoms with Crippen LogP contribution in [0.4, 0.5) is 0 Å². The van der Waals surface area contributed by atoms with Gasteiger partial charge >= 0.3 is 0 Å². The fourth-order valence-electron chi connectivity index (χ4n) is 3.79. The summed E-state index contributed by atoms with van der Waals surface area (Å²) in [6.45, 7) is 4.06. The molecule has 0 N–H and O–H groups in total. The SMILES string of the molecule is CS(=O)(=O)c1ccc(C(=O)CN2CCN(C(=O)C3=CC=CN4CCN=C34)CC2)cc1. The number of amidine groups is 1. The zero-order chi connectivity index (χ0) is 21.3. The Morgan fingerprint density at radius 3 is 2.40 bits per heavy atom. The van der Waals surface area contributed by atoms with Crippen LogP contribution in [0.25, 0.3) is 0 Å². The Kier molecular flexibility index (Phi) is 5.57. The number of ketones is 1. The molecule has 0 saturated carbocycles. The lowest BCUT2D eigenvalue weighted by atomic mass is 10.1. The van der Waals surface area contributed by atoms with Crippen LogP contribution in [-0.4, -0.2) is 92.7 Å². The molecule has 1 aromatic rings. The number of nitrogens with zero attached hydrogens (tertiary/aromatic N) is 4. The summed E-state index contributed by atoms with van der Waals surface area (Å²) in [5.41, 5.74) is 1.12. The highest BCUT2D eigenvalue weighted by molar-refractivity contribution is 7.90. The summed E-state index contributed by atoms with van der Waals surface area (Å²) in [4.78, 5) is 36.0. The summed E-state index contributed by atoms with van der Waals surface area (Å²) in [7, 11) is -3.28. The number of hydrogen-bond acceptors (Lipinski definition) is 7. The van der Waals surface area contributed by atoms with Crippen LogP contribution in [0, 0.1) is 0 Å². The Bertz CT molecular complexity index is 1050. The molecule has 1 saturated heterocycles. The number of benzene rings is 1. The molecule has 1 fully saturated rings. The van der Waals surface area contributed by atoms with Crippen LogP contribution in [-0.2, 0) is 14.6 Å². The molecule has 3 heterocycles. The first-order valence-corrected chi connectivity index (χ1v) is 11.8. The van der Waals surface area contributed by atoms with E-state index >= 15 is 0 Å². The second-order valence-corrected chi connectivity index (χ2v) is 9.62. The minimum absolute atomic E-state index is 0.0210. The number of hydrogen-bond donors (Lipinski definition) is 0. The molecule has 0 unspecified atom stereocenters. The Hall–Kier alpha value is -2.78. The topological polar surface area (TPSA) is 90.4 Å². The highest BCUT2D eigenvalue weighted by Gasteiger charge is 2.30. The van der Waals surface area contributed by atoms with Crippen LogP contribution in [0.15, 0.2) is 58.1 Å². The number of carbonyl (C=O) groups is 2. The number of piperazine rings is 1. The zero-order valence-electron chi connectivity index (χ0n) is 16.8. The second kappa shape index (κ2) is 8.16. The molecule has 3 aliphatic rings. The second-order valence-electron chi connectivity index (χ2n) is 7.61. The van der Waals surface area contributed by atoms with Crippen molar-refractivity contribution in [3.05, 3.63) is 53.8 Å². The molecule has 0 aromatic heterocycles. The Morgan fingerprint density at radius 2 is 1.73 bits per heavy atom. The maximum Gasteiger partial charge on any atom is 0.257 e. The van der Waals surface area contributed by atoms with Crippen molar-refractivity contribution in [2.45, 2.75) is 4.90 Å². The molecule has 1 aromatic carbocycles. The first-order valence-electron chi connectivity index (χ1n) is 9.88. The van der Waals surface area contributed by atoms with Crippen LogP contribution in [0.1, 0.15) is 10.4 Å². The van der Waals surface area contributed by atoms with Crippen molar-refractivity contribution < 1.29 is 18.0 Å². The molecule has 9 heteroatoms. The van der Waals surface area contributed by atoms with Crippen molar-refractivity contribution in [2.75, 3.05) is 52.1 Å². The molecule has 3 aliphatic heterocycles. The van der Waals surface area contributed by atoms with E-state index in [9.17, 15) is 18.0 Å². The van der Waals surface area contributed by atoms with Gasteiger partial charge < -0.3 is 9.80 Å². The normalized spacial score (nSPS) is 19.4. The molecule has 0 aliphatic carbocycles. The number of allylic oxidation sites excluding steroid dienone is 2. The molecule has 158 valence electrons. The summed E-state index contributed by atoms with van der Waals surface area (Å²) >= 11 is 0. The molecule has 0 bridgehead atoms. The molecular formula is C21H24N4O4S. The van der Waals surface area contributed by atoms with Gasteiger partial charge in [0.2, 0.25) is 0 Å². The summed E-state index contributed by atoms with van der Waals surface area (Å²) in [5.74, 6) is 0.663. The predicted molar refractivity (Wildman–Crippen MR) is 113 cm³/mol. The van der Waals surface area contributed by atoms with E-state index in [1.54, 1.807) is 12.1 Å². The molecule has 0 spiro atoms. The van der Waals surface area contributed by atoms with E-state index in [2.05, 4.69) is 4.99 Å². The Balaban J connectivity index is 1.32. The first kappa shape index (κ1) is 20.5. The monoisotopic (exact) mass is 428 g/mol. The third kappa shape index (κ3) is 4.22. The van der Waals surface area contributed by atoms with Crippen molar-refractivity contribution in [3.63, 3.8) is 0 Å². The minimum Gasteiger partial charge on any atom is -0.336 e. The fourth-order valence-corrected chi connectivity index (χ4v) is 4.42. The number of sulfone groups is 1. The van der Waals surface area contributed by atoms with Crippen LogP contribution in [0.5, 0.6) is 0 Å². The predicted octanol–water partition coefficient (Wildman–Crippen LogP) is 0.585. The van der Waals surface area contributed by atoms with Gasteiger partial charge in [0.05, 0.1) is 23.6 Å². The van der Waals surface area contributed by atoms with Crippen molar-refractivity contribution in [2.24, 2.45) is 4.99 Å². The van der Waals surface area contributed by atoms with Gasteiger partial charge in [0.1, 0.15) is 5.84 Å². The largest absolute Gasteiger partial charge is 0.336 e. The number of rotatable bonds is 5. The molecule has 0 atom stereocenters. The molecule has 8 nitrogen and oxygen atoms in total. The molecule has 0 radical (unpaired) electrons. The molecule has 4 rings (SSSR count). The lowest BCUT2D eigenvalue weighted by Gasteiger charge is -2.35. The van der Waals surface area contributed by atoms with Gasteiger partial charge in [0.15, 0.2) is 15.6 Å². The summed E-state index contributed by atoms with van der Waals surface area (Å²) in [6, 6.07) is 6.02. The number of carbonyl (C=O) groups excluding carboxylic acids is 2. The van der Waals surface area contributed by atoms with Gasteiger partial charge in [-0.1, -0.05) is 12.1 Å². The van der Waals surface area contributed by atoms with Gasteiger partial charge in [-0.15, -0.1) is 0 Å². The maximum absolute atomic E-state index is 12.9. The van der Waals surface area contributed by atoms with E-state index in [1.165, 1.54) is 12.1 Å². The van der Waals surface area contributed by atoms with Gasteiger partial charge in [-0.25, -0.2) is 8.42 Å². The first-order chi connectivity index (χ1) is 14.3. The Morgan fingerprint density at radius 1 is 1.03 bits per heavy atom. The van der Waals surface area contributed by atoms with Gasteiger partial charge in [-0.05, 0) is 24.3 Å². The standard InChI is InChI=1S/C21H24N4O4S/c1-30(28,29)17-6-4-16(5-7-17)19(26)15-23-11-13-25(14-12-23)21(27)18-3-2-9-24-10-8-22-20(18)24/h2-7,9H,8,10-15H2,1H3. The number of amides is 1. The van der Waals surface area contributed by atoms with Crippen molar-refractivity contribution in [3.8, 4) is 0 Å². The quantitative estimate of drug-likeness (QED) is 0.638. The molecular weight excluding hydrogens is 404 g/mol. The number of fused-ring (bicyclic) bond motifs is 1. The third-order valence-corrected chi connectivity index (χ3v) is 6.63. The third-order valence-electron chi connectivity index (χ3n) is 5.51. The molecule has 1 amide bonds. The minimum atomic E-state index is -3.28. The highest BCUT2D eigenvalue weighted by atomic mass is 32.2. The average molecular weight is 429 g/mol. The van der Waals surface area contributed by atoms with E-state index < -0.39 is 9.84 Å². The van der Waals surface area contributed by atoms with Gasteiger partial charge in [-0.3, -0.25) is 19.5 Å². The van der Waals surface area contributed by atoms with E-state index in [0.29, 0.717) is 43.9 Å². The van der Waals surface area contributed by atoms with Crippen molar-refractivity contribution in [1.82, 2.24) is 14.7 Å². The van der Waals surface area contributed by atoms with Crippen LogP contribution < -0.4 is 0 Å². The number of aliphatic imine (C=N–C) groups is 1. The lowest BCUT2D eigenvalue weighted by molar-refractivity contribution is -0.128. The van der Waals surface area contributed by atoms with Gasteiger partial charge in [0.25, 0.3) is 5.91 Å². The van der Waals surface area contributed by atoms with Crippen LogP contribution in [0.3, 0.4) is 0 Å². The summed E-state index contributed by atoms with van der Waals surface area (Å²) < 4.78 is 23.1. The summed E-state index contributed by atoms with van der Waals surface area (Å²) in [5, 5.41) is 0. The van der Waals surface area contributed by atoms with Crippen molar-refractivity contribution in [1.29, 1.82) is 0 Å². The molecule has 30 heavy (non-hydrogen) atoms.